The molecule has 0 atom stereocenters. The van der Waals surface area contributed by atoms with Crippen molar-refractivity contribution < 1.29 is 4.74 Å². The highest BCUT2D eigenvalue weighted by molar-refractivity contribution is 5.52. The lowest BCUT2D eigenvalue weighted by Gasteiger charge is -2.11. The van der Waals surface area contributed by atoms with Crippen molar-refractivity contribution in [1.82, 2.24) is 0 Å². The molecule has 0 fully saturated rings. The number of benzene rings is 2. The van der Waals surface area contributed by atoms with Crippen LogP contribution in [0, 0.1) is 0 Å². The Morgan fingerprint density at radius 3 is 2.44 bits per heavy atom. The summed E-state index contributed by atoms with van der Waals surface area (Å²) in [5.74, 6) is 0. The van der Waals surface area contributed by atoms with Crippen LogP contribution in [0.5, 0.6) is 0 Å². The normalized spacial score (nSPS) is 10.3. The predicted octanol–water partition coefficient (Wildman–Crippen LogP) is 3.34. The molecule has 18 heavy (non-hydrogen) atoms. The van der Waals surface area contributed by atoms with Crippen molar-refractivity contribution in [3.63, 3.8) is 0 Å². The zero-order valence-electron chi connectivity index (χ0n) is 10.7. The molecule has 0 radical (unpaired) electrons. The Morgan fingerprint density at radius 1 is 0.944 bits per heavy atom. The van der Waals surface area contributed by atoms with Crippen molar-refractivity contribution in [3.05, 3.63) is 65.7 Å². The number of rotatable bonds is 6. The van der Waals surface area contributed by atoms with Gasteiger partial charge in [0.05, 0.1) is 6.61 Å². The van der Waals surface area contributed by atoms with Crippen LogP contribution < -0.4 is 5.32 Å². The fourth-order valence-electron chi connectivity index (χ4n) is 1.95. The van der Waals surface area contributed by atoms with Gasteiger partial charge in [0.15, 0.2) is 0 Å². The lowest BCUT2D eigenvalue weighted by Crippen LogP contribution is -2.09. The summed E-state index contributed by atoms with van der Waals surface area (Å²) in [5.41, 5.74) is 3.84. The topological polar surface area (TPSA) is 21.3 Å². The highest BCUT2D eigenvalue weighted by atomic mass is 16.5. The number of anilines is 1. The maximum atomic E-state index is 5.06. The van der Waals surface area contributed by atoms with E-state index in [1.807, 2.05) is 6.07 Å². The number of hydrogen-bond acceptors (Lipinski definition) is 2. The van der Waals surface area contributed by atoms with E-state index in [0.29, 0.717) is 0 Å². The van der Waals surface area contributed by atoms with Crippen molar-refractivity contribution in [1.29, 1.82) is 0 Å². The highest BCUT2D eigenvalue weighted by Crippen LogP contribution is 2.18. The zero-order valence-corrected chi connectivity index (χ0v) is 10.7. The molecule has 94 valence electrons. The van der Waals surface area contributed by atoms with Crippen LogP contribution in [-0.2, 0) is 11.2 Å². The summed E-state index contributed by atoms with van der Waals surface area (Å²) in [6.45, 7) is 1.56. The first-order valence-corrected chi connectivity index (χ1v) is 6.25. The summed E-state index contributed by atoms with van der Waals surface area (Å²) in [4.78, 5) is 0. The standard InChI is InChI=1S/C16H19NO/c1-18-12-11-17-16-10-6-5-9-15(16)13-14-7-3-2-4-8-14/h2-10,17H,11-13H2,1H3. The molecular formula is C16H19NO. The minimum atomic E-state index is 0.722. The van der Waals surface area contributed by atoms with Crippen LogP contribution >= 0.6 is 0 Å². The maximum Gasteiger partial charge on any atom is 0.0635 e. The monoisotopic (exact) mass is 241 g/mol. The largest absolute Gasteiger partial charge is 0.383 e. The molecule has 0 spiro atoms. The molecule has 0 aliphatic rings. The van der Waals surface area contributed by atoms with E-state index in [0.717, 1.165) is 19.6 Å². The van der Waals surface area contributed by atoms with Crippen LogP contribution in [0.3, 0.4) is 0 Å². The molecule has 2 rings (SSSR count). The van der Waals surface area contributed by atoms with Crippen LogP contribution in [0.4, 0.5) is 5.69 Å². The molecular weight excluding hydrogens is 222 g/mol. The van der Waals surface area contributed by atoms with Crippen molar-refractivity contribution in [2.75, 3.05) is 25.6 Å². The molecule has 0 amide bonds. The van der Waals surface area contributed by atoms with Crippen LogP contribution in [0.1, 0.15) is 11.1 Å². The van der Waals surface area contributed by atoms with Crippen molar-refractivity contribution in [2.45, 2.75) is 6.42 Å². The van der Waals surface area contributed by atoms with E-state index in [2.05, 4.69) is 53.8 Å². The lowest BCUT2D eigenvalue weighted by molar-refractivity contribution is 0.211. The van der Waals surface area contributed by atoms with Gasteiger partial charge >= 0.3 is 0 Å². The second-order valence-corrected chi connectivity index (χ2v) is 4.24. The SMILES string of the molecule is COCCNc1ccccc1Cc1ccccc1. The van der Waals surface area contributed by atoms with E-state index >= 15 is 0 Å². The first-order chi connectivity index (χ1) is 8.90. The fraction of sp³-hybridized carbons (Fsp3) is 0.250. The fourth-order valence-corrected chi connectivity index (χ4v) is 1.95. The van der Waals surface area contributed by atoms with Crippen LogP contribution in [0.25, 0.3) is 0 Å². The molecule has 0 aliphatic heterocycles. The maximum absolute atomic E-state index is 5.06. The van der Waals surface area contributed by atoms with Crippen LogP contribution in [0.15, 0.2) is 54.6 Å². The van der Waals surface area contributed by atoms with E-state index in [4.69, 9.17) is 4.74 Å². The summed E-state index contributed by atoms with van der Waals surface area (Å²) in [7, 11) is 1.72. The minimum Gasteiger partial charge on any atom is -0.383 e. The van der Waals surface area contributed by atoms with Gasteiger partial charge in [0, 0.05) is 19.3 Å². The van der Waals surface area contributed by atoms with Gasteiger partial charge in [-0.05, 0) is 23.6 Å². The lowest BCUT2D eigenvalue weighted by atomic mass is 10.0. The quantitative estimate of drug-likeness (QED) is 0.783. The summed E-state index contributed by atoms with van der Waals surface area (Å²) < 4.78 is 5.06. The third-order valence-corrected chi connectivity index (χ3v) is 2.88. The Labute approximate surface area is 109 Å². The smallest absolute Gasteiger partial charge is 0.0635 e. The molecule has 2 aromatic rings. The van der Waals surface area contributed by atoms with E-state index in [1.54, 1.807) is 7.11 Å². The number of para-hydroxylation sites is 1. The molecule has 2 heteroatoms. The number of ether oxygens (including phenoxy) is 1. The Morgan fingerprint density at radius 2 is 1.67 bits per heavy atom. The number of nitrogens with one attached hydrogen (secondary N) is 1. The van der Waals surface area contributed by atoms with Crippen molar-refractivity contribution in [3.8, 4) is 0 Å². The highest BCUT2D eigenvalue weighted by Gasteiger charge is 2.02. The molecule has 2 nitrogen and oxygen atoms in total. The molecule has 0 bridgehead atoms. The van der Waals surface area contributed by atoms with Gasteiger partial charge in [0.25, 0.3) is 0 Å². The Kier molecular flexibility index (Phi) is 4.79. The number of methoxy groups -OCH3 is 1. The average molecular weight is 241 g/mol. The molecule has 0 unspecified atom stereocenters. The molecule has 2 aromatic carbocycles. The molecule has 0 saturated carbocycles. The van der Waals surface area contributed by atoms with Gasteiger partial charge in [-0.1, -0.05) is 48.5 Å². The molecule has 0 saturated heterocycles. The van der Waals surface area contributed by atoms with Crippen molar-refractivity contribution in [2.24, 2.45) is 0 Å². The van der Waals surface area contributed by atoms with E-state index in [9.17, 15) is 0 Å². The molecule has 0 heterocycles. The van der Waals surface area contributed by atoms with E-state index in [1.165, 1.54) is 16.8 Å². The molecule has 0 aromatic heterocycles. The first kappa shape index (κ1) is 12.7. The van der Waals surface area contributed by atoms with Gasteiger partial charge < -0.3 is 10.1 Å². The predicted molar refractivity (Wildman–Crippen MR) is 76.1 cm³/mol. The van der Waals surface area contributed by atoms with Gasteiger partial charge in [-0.25, -0.2) is 0 Å². The Hall–Kier alpha value is -1.80. The Bertz CT molecular complexity index is 468. The molecule has 1 N–H and O–H groups in total. The second-order valence-electron chi connectivity index (χ2n) is 4.24. The third kappa shape index (κ3) is 3.60. The van der Waals surface area contributed by atoms with Crippen LogP contribution in [0.2, 0.25) is 0 Å². The van der Waals surface area contributed by atoms with Gasteiger partial charge in [0.1, 0.15) is 0 Å². The summed E-state index contributed by atoms with van der Waals surface area (Å²) in [6.07, 6.45) is 0.955. The second kappa shape index (κ2) is 6.82. The summed E-state index contributed by atoms with van der Waals surface area (Å²) >= 11 is 0. The van der Waals surface area contributed by atoms with Gasteiger partial charge in [-0.15, -0.1) is 0 Å². The van der Waals surface area contributed by atoms with E-state index < -0.39 is 0 Å². The van der Waals surface area contributed by atoms with Gasteiger partial charge in [-0.2, -0.15) is 0 Å². The third-order valence-electron chi connectivity index (χ3n) is 2.88. The zero-order chi connectivity index (χ0) is 12.6. The summed E-state index contributed by atoms with van der Waals surface area (Å²) in [5, 5.41) is 3.41. The molecule has 0 aliphatic carbocycles. The van der Waals surface area contributed by atoms with Crippen molar-refractivity contribution >= 4 is 5.69 Å². The first-order valence-electron chi connectivity index (χ1n) is 6.25. The van der Waals surface area contributed by atoms with Gasteiger partial charge in [-0.3, -0.25) is 0 Å². The number of hydrogen-bond donors (Lipinski definition) is 1. The van der Waals surface area contributed by atoms with E-state index in [-0.39, 0.29) is 0 Å². The Balaban J connectivity index is 2.07. The van der Waals surface area contributed by atoms with Gasteiger partial charge in [0.2, 0.25) is 0 Å². The minimum absolute atomic E-state index is 0.722. The van der Waals surface area contributed by atoms with Crippen LogP contribution in [-0.4, -0.2) is 20.3 Å². The summed E-state index contributed by atoms with van der Waals surface area (Å²) in [6, 6.07) is 19.0. The average Bonchev–Trinajstić information content (AvgIpc) is 2.42.